The summed E-state index contributed by atoms with van der Waals surface area (Å²) in [7, 11) is -7.10. The van der Waals surface area contributed by atoms with Crippen molar-refractivity contribution in [2.24, 2.45) is 0 Å². The number of carbonyl (C=O) groups excluding carboxylic acids is 1. The maximum absolute atomic E-state index is 13.7. The highest BCUT2D eigenvalue weighted by molar-refractivity contribution is 7.92. The summed E-state index contributed by atoms with van der Waals surface area (Å²) >= 11 is 0. The van der Waals surface area contributed by atoms with Crippen LogP contribution in [0.25, 0.3) is 0 Å². The van der Waals surface area contributed by atoms with E-state index in [0.29, 0.717) is 17.8 Å². The molecule has 0 atom stereocenters. The molecule has 1 aliphatic heterocycles. The molecule has 34 heavy (non-hydrogen) atoms. The number of anilines is 2. The Morgan fingerprint density at radius 2 is 1.74 bits per heavy atom. The van der Waals surface area contributed by atoms with E-state index in [-0.39, 0.29) is 22.3 Å². The molecule has 1 spiro atoms. The number of hydrogen-bond donors (Lipinski definition) is 2. The number of benzene rings is 2. The van der Waals surface area contributed by atoms with E-state index >= 15 is 0 Å². The van der Waals surface area contributed by atoms with E-state index in [9.17, 15) is 21.6 Å². The van der Waals surface area contributed by atoms with E-state index in [1.54, 1.807) is 29.2 Å². The van der Waals surface area contributed by atoms with Gasteiger partial charge in [0.2, 0.25) is 20.0 Å². The second-order valence-electron chi connectivity index (χ2n) is 9.76. The minimum absolute atomic E-state index is 0.0179. The molecule has 0 saturated heterocycles. The highest BCUT2D eigenvalue weighted by Crippen LogP contribution is 2.50. The zero-order valence-electron chi connectivity index (χ0n) is 19.1. The topological polar surface area (TPSA) is 113 Å². The minimum atomic E-state index is -3.67. The summed E-state index contributed by atoms with van der Waals surface area (Å²) in [6.45, 7) is 0.501. The maximum Gasteiger partial charge on any atom is 0.258 e. The fourth-order valence-corrected chi connectivity index (χ4v) is 7.13. The van der Waals surface area contributed by atoms with Gasteiger partial charge in [0.1, 0.15) is 0 Å². The number of hydrogen-bond acceptors (Lipinski definition) is 5. The van der Waals surface area contributed by atoms with Crippen LogP contribution in [0.5, 0.6) is 0 Å². The van der Waals surface area contributed by atoms with Crippen molar-refractivity contribution in [2.45, 2.75) is 61.3 Å². The van der Waals surface area contributed by atoms with Gasteiger partial charge in [-0.25, -0.2) is 21.6 Å². The van der Waals surface area contributed by atoms with E-state index in [1.807, 2.05) is 6.07 Å². The fraction of sp³-hybridized carbons (Fsp3) is 0.458. The molecule has 0 unspecified atom stereocenters. The third-order valence-corrected chi connectivity index (χ3v) is 9.09. The van der Waals surface area contributed by atoms with Gasteiger partial charge in [-0.15, -0.1) is 0 Å². The van der Waals surface area contributed by atoms with Crippen molar-refractivity contribution in [3.8, 4) is 0 Å². The summed E-state index contributed by atoms with van der Waals surface area (Å²) in [5.41, 5.74) is 2.31. The molecule has 3 aliphatic rings. The Morgan fingerprint density at radius 1 is 1.00 bits per heavy atom. The summed E-state index contributed by atoms with van der Waals surface area (Å²) in [4.78, 5) is 15.5. The smallest absolute Gasteiger partial charge is 0.258 e. The van der Waals surface area contributed by atoms with Gasteiger partial charge in [-0.2, -0.15) is 0 Å². The van der Waals surface area contributed by atoms with Gasteiger partial charge in [-0.05, 0) is 67.6 Å². The molecule has 2 aromatic carbocycles. The Kier molecular flexibility index (Phi) is 5.73. The van der Waals surface area contributed by atoms with Crippen LogP contribution in [0.1, 0.15) is 60.9 Å². The summed E-state index contributed by atoms with van der Waals surface area (Å²) < 4.78 is 54.1. The van der Waals surface area contributed by atoms with Crippen LogP contribution in [0.4, 0.5) is 11.4 Å². The molecule has 2 N–H and O–H groups in total. The van der Waals surface area contributed by atoms with Gasteiger partial charge in [-0.3, -0.25) is 9.52 Å². The van der Waals surface area contributed by atoms with Crippen molar-refractivity contribution in [3.05, 3.63) is 53.6 Å². The summed E-state index contributed by atoms with van der Waals surface area (Å²) in [6.07, 6.45) is 7.86. The molecule has 2 aliphatic carbocycles. The quantitative estimate of drug-likeness (QED) is 0.628. The molecule has 0 bridgehead atoms. The zero-order valence-corrected chi connectivity index (χ0v) is 20.7. The van der Waals surface area contributed by atoms with Crippen LogP contribution in [0.15, 0.2) is 47.4 Å². The lowest BCUT2D eigenvalue weighted by molar-refractivity contribution is 0.0982. The Bertz CT molecular complexity index is 1340. The molecule has 5 rings (SSSR count). The molecule has 182 valence electrons. The number of carbonyl (C=O) groups is 1. The molecule has 0 radical (unpaired) electrons. The standard InChI is InChI=1S/C24H29N3O5S2/c1-33(29,30)25-19-10-11-22-21(15-19)24(12-3-2-4-13-24)16-27(22)23(28)17-6-5-7-20(14-17)34(31,32)26-18-8-9-18/h5-7,10-11,14-15,18,25-26H,2-4,8-9,12-13,16H2,1H3. The van der Waals surface area contributed by atoms with Crippen molar-refractivity contribution >= 4 is 37.3 Å². The van der Waals surface area contributed by atoms with Gasteiger partial charge in [0.25, 0.3) is 5.91 Å². The summed E-state index contributed by atoms with van der Waals surface area (Å²) in [6, 6.07) is 11.5. The molecule has 1 amide bonds. The molecule has 10 heteroatoms. The van der Waals surface area contributed by atoms with Crippen molar-refractivity contribution in [2.75, 3.05) is 22.4 Å². The first kappa shape index (κ1) is 23.3. The van der Waals surface area contributed by atoms with Gasteiger partial charge in [0.15, 0.2) is 0 Å². The number of rotatable bonds is 6. The normalized spacial score (nSPS) is 19.7. The SMILES string of the molecule is CS(=O)(=O)Nc1ccc2c(c1)C1(CCCCC1)CN2C(=O)c1cccc(S(=O)(=O)NC2CC2)c1. The molecule has 2 saturated carbocycles. The second-order valence-corrected chi connectivity index (χ2v) is 13.2. The molecule has 2 aromatic rings. The Hall–Kier alpha value is -2.43. The van der Waals surface area contributed by atoms with Crippen LogP contribution in [-0.4, -0.2) is 41.6 Å². The maximum atomic E-state index is 13.7. The largest absolute Gasteiger partial charge is 0.307 e. The van der Waals surface area contributed by atoms with Crippen LogP contribution in [-0.2, 0) is 25.5 Å². The predicted octanol–water partition coefficient (Wildman–Crippen LogP) is 3.36. The van der Waals surface area contributed by atoms with E-state index in [0.717, 1.165) is 62.5 Å². The molecule has 1 heterocycles. The number of nitrogens with zero attached hydrogens (tertiary/aromatic N) is 1. The lowest BCUT2D eigenvalue weighted by Gasteiger charge is -2.34. The van der Waals surface area contributed by atoms with Crippen LogP contribution in [0, 0.1) is 0 Å². The lowest BCUT2D eigenvalue weighted by atomic mass is 9.70. The average Bonchev–Trinajstić information content (AvgIpc) is 3.55. The number of amides is 1. The van der Waals surface area contributed by atoms with E-state index in [1.165, 1.54) is 12.1 Å². The van der Waals surface area contributed by atoms with Gasteiger partial charge >= 0.3 is 0 Å². The second kappa shape index (κ2) is 8.35. The average molecular weight is 504 g/mol. The van der Waals surface area contributed by atoms with E-state index < -0.39 is 20.0 Å². The Labute approximate surface area is 200 Å². The van der Waals surface area contributed by atoms with Crippen molar-refractivity contribution < 1.29 is 21.6 Å². The first-order valence-electron chi connectivity index (χ1n) is 11.6. The summed E-state index contributed by atoms with van der Waals surface area (Å²) in [5, 5.41) is 0. The third-order valence-electron chi connectivity index (χ3n) is 6.97. The molecule has 0 aromatic heterocycles. The van der Waals surface area contributed by atoms with Gasteiger partial charge < -0.3 is 4.90 Å². The van der Waals surface area contributed by atoms with Gasteiger partial charge in [-0.1, -0.05) is 25.3 Å². The van der Waals surface area contributed by atoms with Gasteiger partial charge in [0, 0.05) is 34.9 Å². The van der Waals surface area contributed by atoms with Crippen LogP contribution < -0.4 is 14.3 Å². The minimum Gasteiger partial charge on any atom is -0.307 e. The zero-order chi connectivity index (χ0) is 24.1. The molecular weight excluding hydrogens is 474 g/mol. The lowest BCUT2D eigenvalue weighted by Crippen LogP contribution is -2.38. The number of sulfonamides is 2. The number of fused-ring (bicyclic) bond motifs is 2. The predicted molar refractivity (Wildman–Crippen MR) is 131 cm³/mol. The first-order chi connectivity index (χ1) is 16.1. The number of nitrogens with one attached hydrogen (secondary N) is 2. The molecule has 8 nitrogen and oxygen atoms in total. The highest BCUT2D eigenvalue weighted by atomic mass is 32.2. The molecular formula is C24H29N3O5S2. The molecule has 2 fully saturated rings. The monoisotopic (exact) mass is 503 g/mol. The van der Waals surface area contributed by atoms with Crippen molar-refractivity contribution in [1.82, 2.24) is 4.72 Å². The van der Waals surface area contributed by atoms with Crippen molar-refractivity contribution in [3.63, 3.8) is 0 Å². The van der Waals surface area contributed by atoms with E-state index in [4.69, 9.17) is 0 Å². The first-order valence-corrected chi connectivity index (χ1v) is 15.0. The van der Waals surface area contributed by atoms with Crippen LogP contribution in [0.3, 0.4) is 0 Å². The van der Waals surface area contributed by atoms with E-state index in [2.05, 4.69) is 9.44 Å². The highest BCUT2D eigenvalue weighted by Gasteiger charge is 2.45. The Morgan fingerprint density at radius 3 is 2.41 bits per heavy atom. The van der Waals surface area contributed by atoms with Crippen molar-refractivity contribution in [1.29, 1.82) is 0 Å². The van der Waals surface area contributed by atoms with Gasteiger partial charge in [0.05, 0.1) is 11.2 Å². The van der Waals surface area contributed by atoms with Crippen LogP contribution >= 0.6 is 0 Å². The summed E-state index contributed by atoms with van der Waals surface area (Å²) in [5.74, 6) is -0.254. The van der Waals surface area contributed by atoms with Crippen LogP contribution in [0.2, 0.25) is 0 Å². The third kappa shape index (κ3) is 4.58. The Balaban J connectivity index is 1.50. The fourth-order valence-electron chi connectivity index (χ4n) is 5.22.